The number of hydrogen-bond donors (Lipinski definition) is 2. The van der Waals surface area contributed by atoms with Crippen LogP contribution in [0.2, 0.25) is 5.02 Å². The van der Waals surface area contributed by atoms with Crippen molar-refractivity contribution in [3.8, 4) is 11.5 Å². The number of nitrogens with zero attached hydrogens (tertiary/aromatic N) is 2. The summed E-state index contributed by atoms with van der Waals surface area (Å²) < 4.78 is 19.1. The van der Waals surface area contributed by atoms with Crippen molar-refractivity contribution in [2.24, 2.45) is 17.8 Å². The number of likely N-dealkylation sites (tertiary alicyclic amines) is 1. The summed E-state index contributed by atoms with van der Waals surface area (Å²) in [5, 5.41) is 19.5. The lowest BCUT2D eigenvalue weighted by molar-refractivity contribution is -0.142. The van der Waals surface area contributed by atoms with E-state index in [0.29, 0.717) is 5.57 Å². The molecule has 230 valence electrons. The largest absolute Gasteiger partial charge is 0.503 e. The number of aliphatic carboxylic acids is 1. The number of carboxylic acid groups (broad SMARTS) is 1. The summed E-state index contributed by atoms with van der Waals surface area (Å²) in [6, 6.07) is 7.38. The number of rotatable bonds is 6. The van der Waals surface area contributed by atoms with Gasteiger partial charge in [0.05, 0.1) is 36.1 Å². The zero-order chi connectivity index (χ0) is 31.9. The number of alkyl halides is 2. The fourth-order valence-corrected chi connectivity index (χ4v) is 8.34. The first-order chi connectivity index (χ1) is 20.8. The fourth-order valence-electron chi connectivity index (χ4n) is 7.18. The van der Waals surface area contributed by atoms with Gasteiger partial charge in [-0.2, -0.15) is 0 Å². The number of amides is 4. The van der Waals surface area contributed by atoms with Crippen molar-refractivity contribution >= 4 is 70.1 Å². The second-order valence-electron chi connectivity index (χ2n) is 11.3. The molecule has 2 aliphatic carbocycles. The van der Waals surface area contributed by atoms with E-state index in [1.54, 1.807) is 6.08 Å². The number of aromatic hydroxyl groups is 1. The number of carboxylic acids is 1. The van der Waals surface area contributed by atoms with E-state index >= 15 is 0 Å². The smallest absolute Gasteiger partial charge is 0.305 e. The van der Waals surface area contributed by atoms with Crippen LogP contribution in [0.15, 0.2) is 48.0 Å². The molecule has 1 saturated carbocycles. The van der Waals surface area contributed by atoms with Crippen LogP contribution in [0.1, 0.15) is 30.7 Å². The van der Waals surface area contributed by atoms with Crippen molar-refractivity contribution in [1.29, 1.82) is 0 Å². The van der Waals surface area contributed by atoms with Gasteiger partial charge in [0.15, 0.2) is 21.2 Å². The third kappa shape index (κ3) is 4.09. The Morgan fingerprint density at radius 3 is 2.39 bits per heavy atom. The van der Waals surface area contributed by atoms with Crippen LogP contribution < -0.4 is 9.64 Å². The summed E-state index contributed by atoms with van der Waals surface area (Å²) in [4.78, 5) is 64.2. The van der Waals surface area contributed by atoms with E-state index in [2.05, 4.69) is 0 Å². The summed E-state index contributed by atoms with van der Waals surface area (Å²) in [7, 11) is 1.29. The maximum Gasteiger partial charge on any atom is 0.305 e. The molecule has 10 nitrogen and oxygen atoms in total. The second-order valence-corrected chi connectivity index (χ2v) is 12.9. The number of methoxy groups -OCH3 is 1. The van der Waals surface area contributed by atoms with E-state index in [4.69, 9.17) is 44.6 Å². The van der Waals surface area contributed by atoms with Gasteiger partial charge in [0.1, 0.15) is 5.82 Å². The van der Waals surface area contributed by atoms with Gasteiger partial charge in [-0.05, 0) is 60.7 Å². The lowest BCUT2D eigenvalue weighted by Gasteiger charge is -2.50. The van der Waals surface area contributed by atoms with Crippen LogP contribution in [0.5, 0.6) is 11.5 Å². The first-order valence-corrected chi connectivity index (χ1v) is 14.7. The normalized spacial score (nSPS) is 31.1. The highest BCUT2D eigenvalue weighted by atomic mass is 35.5. The second kappa shape index (κ2) is 10.5. The van der Waals surface area contributed by atoms with E-state index in [1.807, 2.05) is 0 Å². The Morgan fingerprint density at radius 2 is 1.75 bits per heavy atom. The molecule has 2 aliphatic heterocycles. The van der Waals surface area contributed by atoms with E-state index in [1.165, 1.54) is 31.4 Å². The molecule has 44 heavy (non-hydrogen) atoms. The monoisotopic (exact) mass is 664 g/mol. The molecule has 0 spiro atoms. The molecule has 0 aromatic heterocycles. The summed E-state index contributed by atoms with van der Waals surface area (Å²) in [6.45, 7) is -0.322. The van der Waals surface area contributed by atoms with Gasteiger partial charge in [-0.3, -0.25) is 28.9 Å². The van der Waals surface area contributed by atoms with E-state index in [9.17, 15) is 33.5 Å². The third-order valence-corrected chi connectivity index (χ3v) is 10.8. The molecule has 2 N–H and O–H groups in total. The third-order valence-electron chi connectivity index (χ3n) is 9.14. The molecule has 4 aliphatic rings. The molecular weight excluding hydrogens is 642 g/mol. The molecule has 6 unspecified atom stereocenters. The minimum Gasteiger partial charge on any atom is -0.503 e. The van der Waals surface area contributed by atoms with E-state index < -0.39 is 75.3 Å². The highest BCUT2D eigenvalue weighted by Gasteiger charge is 2.76. The summed E-state index contributed by atoms with van der Waals surface area (Å²) in [6.07, 6.45) is 1.03. The molecule has 2 saturated heterocycles. The molecule has 0 radical (unpaired) electrons. The van der Waals surface area contributed by atoms with Crippen LogP contribution in [0.4, 0.5) is 10.1 Å². The number of fused-ring (bicyclic) bond motifs is 4. The number of imide groups is 2. The van der Waals surface area contributed by atoms with Gasteiger partial charge in [-0.1, -0.05) is 23.3 Å². The molecule has 3 fully saturated rings. The summed E-state index contributed by atoms with van der Waals surface area (Å²) in [5.41, 5.74) is 0.739. The number of halogens is 4. The number of anilines is 1. The van der Waals surface area contributed by atoms with Gasteiger partial charge in [0.2, 0.25) is 11.8 Å². The van der Waals surface area contributed by atoms with Crippen LogP contribution in [0.3, 0.4) is 0 Å². The maximum atomic E-state index is 14.3. The molecule has 2 aromatic carbocycles. The first-order valence-electron chi connectivity index (χ1n) is 13.6. The molecule has 2 heterocycles. The number of hydrogen-bond acceptors (Lipinski definition) is 7. The minimum atomic E-state index is -2.20. The van der Waals surface area contributed by atoms with Gasteiger partial charge in [0.25, 0.3) is 11.8 Å². The van der Waals surface area contributed by atoms with E-state index in [0.717, 1.165) is 21.9 Å². The standard InChI is InChI=1S/C30H24Cl3FN2O8/c1-44-20-11-13(10-19(31)24(20)39)23-16-6-7-17-22(26(41)35(25(17)40)9-8-21(37)38)18(16)12-29(32)27(42)36(28(43)30(23,29)33)15-4-2-14(34)3-5-15/h2-6,10-11,17-18,22-23,39H,7-9,12H2,1H3,(H,37,38). The Labute approximate surface area is 264 Å². The Kier molecular flexibility index (Phi) is 7.22. The SMILES string of the molecule is COc1cc(C2C3=CCC4C(=O)N(CCC(=O)O)C(=O)C4C3CC3(Cl)C(=O)N(c4ccc(F)cc4)C(=O)C23Cl)cc(Cl)c1O. The molecule has 0 bridgehead atoms. The van der Waals surface area contributed by atoms with Crippen LogP contribution in [0.25, 0.3) is 0 Å². The zero-order valence-electron chi connectivity index (χ0n) is 22.9. The molecule has 2 aromatic rings. The Hall–Kier alpha value is -3.67. The molecule has 6 atom stereocenters. The maximum absolute atomic E-state index is 14.3. The number of carbonyl (C=O) groups excluding carboxylic acids is 4. The van der Waals surface area contributed by atoms with Crippen molar-refractivity contribution < 1.29 is 43.3 Å². The summed E-state index contributed by atoms with van der Waals surface area (Å²) in [5.74, 6) is -9.05. The Morgan fingerprint density at radius 1 is 1.07 bits per heavy atom. The van der Waals surface area contributed by atoms with Crippen LogP contribution >= 0.6 is 34.8 Å². The number of allylic oxidation sites excluding steroid dienone is 2. The van der Waals surface area contributed by atoms with E-state index in [-0.39, 0.29) is 47.2 Å². The van der Waals surface area contributed by atoms with Crippen molar-refractivity contribution in [3.63, 3.8) is 0 Å². The molecule has 4 amide bonds. The zero-order valence-corrected chi connectivity index (χ0v) is 25.2. The fraction of sp³-hybridized carbons (Fsp3) is 0.367. The number of phenols is 1. The minimum absolute atomic E-state index is 0.0257. The number of carbonyl (C=O) groups is 5. The average molecular weight is 666 g/mol. The Bertz CT molecular complexity index is 1680. The Balaban J connectivity index is 1.54. The highest BCUT2D eigenvalue weighted by Crippen LogP contribution is 2.66. The number of phenolic OH excluding ortho intramolecular Hbond substituents is 1. The topological polar surface area (TPSA) is 142 Å². The van der Waals surface area contributed by atoms with Gasteiger partial charge in [-0.15, -0.1) is 23.2 Å². The average Bonchev–Trinajstić information content (AvgIpc) is 3.31. The van der Waals surface area contributed by atoms with Gasteiger partial charge in [-0.25, -0.2) is 9.29 Å². The number of ether oxygens (including phenoxy) is 1. The first kappa shape index (κ1) is 30.4. The van der Waals surface area contributed by atoms with Crippen LogP contribution in [-0.2, 0) is 24.0 Å². The summed E-state index contributed by atoms with van der Waals surface area (Å²) >= 11 is 20.9. The van der Waals surface area contributed by atoms with Crippen molar-refractivity contribution in [1.82, 2.24) is 4.90 Å². The van der Waals surface area contributed by atoms with Gasteiger partial charge in [0, 0.05) is 12.5 Å². The lowest BCUT2D eigenvalue weighted by Crippen LogP contribution is -2.60. The van der Waals surface area contributed by atoms with Gasteiger partial charge >= 0.3 is 5.97 Å². The van der Waals surface area contributed by atoms with Crippen LogP contribution in [-0.4, -0.2) is 68.1 Å². The van der Waals surface area contributed by atoms with Crippen molar-refractivity contribution in [2.75, 3.05) is 18.6 Å². The van der Waals surface area contributed by atoms with Crippen LogP contribution in [0, 0.1) is 23.6 Å². The van der Waals surface area contributed by atoms with Crippen molar-refractivity contribution in [2.45, 2.75) is 34.9 Å². The quantitative estimate of drug-likeness (QED) is 0.265. The predicted molar refractivity (Wildman–Crippen MR) is 155 cm³/mol. The lowest BCUT2D eigenvalue weighted by atomic mass is 9.56. The molecular formula is C30H24Cl3FN2O8. The van der Waals surface area contributed by atoms with Crippen molar-refractivity contribution in [3.05, 3.63) is 64.5 Å². The highest BCUT2D eigenvalue weighted by molar-refractivity contribution is 6.58. The number of benzene rings is 2. The molecule has 14 heteroatoms. The van der Waals surface area contributed by atoms with Gasteiger partial charge < -0.3 is 14.9 Å². The predicted octanol–water partition coefficient (Wildman–Crippen LogP) is 4.23. The molecule has 6 rings (SSSR count).